The van der Waals surface area contributed by atoms with Gasteiger partial charge in [0.25, 0.3) is 0 Å². The van der Waals surface area contributed by atoms with Crippen LogP contribution < -0.4 is 29.4 Å². The molecular weight excluding hydrogens is 1710 g/mol. The Balaban J connectivity index is 0.000000183. The first-order valence-electron chi connectivity index (χ1n) is 36.6. The molecule has 18 heteroatoms. The number of rotatable bonds is 15. The minimum absolute atomic E-state index is 0.933. The van der Waals surface area contributed by atoms with E-state index in [9.17, 15) is 0 Å². The third-order valence-electron chi connectivity index (χ3n) is 18.6. The van der Waals surface area contributed by atoms with Crippen LogP contribution in [-0.2, 0) is 59.8 Å². The minimum atomic E-state index is -1.57. The second-order valence-corrected chi connectivity index (χ2v) is 46.4. The van der Waals surface area contributed by atoms with Gasteiger partial charge in [-0.3, -0.25) is 0 Å². The Hall–Kier alpha value is -5.21. The molecular formula is C89H112Cl6N9Ru3-3. The summed E-state index contributed by atoms with van der Waals surface area (Å²) in [5.41, 5.74) is 38.1. The van der Waals surface area contributed by atoms with Gasteiger partial charge >= 0.3 is 269 Å². The molecule has 3 fully saturated rings. The molecule has 0 N–H and O–H groups in total. The molecule has 0 spiro atoms. The van der Waals surface area contributed by atoms with Gasteiger partial charge in [0.15, 0.2) is 0 Å². The second kappa shape index (κ2) is 43.6. The van der Waals surface area contributed by atoms with Crippen molar-refractivity contribution in [3.8, 4) is 0 Å². The number of benzene rings is 6. The average molecular weight is 1820 g/mol. The van der Waals surface area contributed by atoms with Gasteiger partial charge in [0.05, 0.1) is 0 Å². The maximum absolute atomic E-state index is 5.71. The molecule has 0 amide bonds. The summed E-state index contributed by atoms with van der Waals surface area (Å²) in [4.78, 5) is 27.2. The summed E-state index contributed by atoms with van der Waals surface area (Å²) in [6, 6.07) is 43.4. The van der Waals surface area contributed by atoms with Gasteiger partial charge in [-0.05, 0) is 191 Å². The summed E-state index contributed by atoms with van der Waals surface area (Å²) >= 11 is -4.70. The average Bonchev–Trinajstić information content (AvgIpc) is 1.69. The van der Waals surface area contributed by atoms with Crippen molar-refractivity contribution < 1.29 is 40.6 Å². The zero-order valence-corrected chi connectivity index (χ0v) is 76.3. The molecule has 6 aromatic carbocycles. The summed E-state index contributed by atoms with van der Waals surface area (Å²) in [5, 5.41) is 0. The molecule has 6 heterocycles. The van der Waals surface area contributed by atoms with Gasteiger partial charge in [0.1, 0.15) is 0 Å². The summed E-state index contributed by atoms with van der Waals surface area (Å²) in [5.74, 6) is 0. The van der Waals surface area contributed by atoms with Gasteiger partial charge in [-0.1, -0.05) is 106 Å². The van der Waals surface area contributed by atoms with Crippen molar-refractivity contribution in [3.63, 3.8) is 0 Å². The van der Waals surface area contributed by atoms with E-state index in [1.54, 1.807) is 6.20 Å². The fraction of sp³-hybridized carbons (Fsp3) is 0.360. The number of pyridine rings is 3. The molecule has 3 aromatic heterocycles. The first-order chi connectivity index (χ1) is 50.7. The molecule has 582 valence electrons. The maximum atomic E-state index is 5.71. The van der Waals surface area contributed by atoms with Crippen molar-refractivity contribution in [2.24, 2.45) is 0 Å². The molecule has 3 saturated heterocycles. The van der Waals surface area contributed by atoms with E-state index in [4.69, 9.17) is 58.1 Å². The van der Waals surface area contributed by atoms with Crippen LogP contribution in [0.2, 0.25) is 0 Å². The van der Waals surface area contributed by atoms with Crippen LogP contribution in [0.25, 0.3) is 0 Å². The molecule has 0 aliphatic carbocycles. The van der Waals surface area contributed by atoms with Crippen LogP contribution in [0.1, 0.15) is 148 Å². The van der Waals surface area contributed by atoms with Gasteiger partial charge in [0, 0.05) is 73.4 Å². The van der Waals surface area contributed by atoms with Gasteiger partial charge < -0.3 is 29.4 Å². The van der Waals surface area contributed by atoms with Crippen LogP contribution in [0.4, 0.5) is 34.1 Å². The van der Waals surface area contributed by atoms with Crippen LogP contribution in [0, 0.1) is 158 Å². The van der Waals surface area contributed by atoms with Crippen LogP contribution in [-0.4, -0.2) is 68.0 Å². The summed E-state index contributed by atoms with van der Waals surface area (Å²) < 4.78 is 6.03. The van der Waals surface area contributed by atoms with Gasteiger partial charge in [-0.25, -0.2) is 0 Å². The van der Waals surface area contributed by atoms with Crippen LogP contribution >= 0.6 is 58.1 Å². The fourth-order valence-electron chi connectivity index (χ4n) is 15.1. The SMILES string of the molecule is Cc1cc(C)c(N2[CH-]N(c3c(C)cc(C)cc3C)CC2)c(C)c1.Cc1cc(C)c(N2[CH-]N(c3c(C)cc(C)cc3C)CC2)c(C)c1.Cc1cc(C)c(N2[CH-]N(c3c(C)cc(C)cc3C)CC2)c(C)c1.Cc1cccc(CC[CH]=[Ru]([Cl])[Cl])n1.Cc1ccnc(CC[CH]=[Ru]([Cl])[Cl])c1.[Cl][Ru]([Cl])=[CH]CCc1ccccn1. The van der Waals surface area contributed by atoms with Crippen LogP contribution in [0.5, 0.6) is 0 Å². The molecule has 3 aliphatic rings. The van der Waals surface area contributed by atoms with Crippen molar-refractivity contribution >= 4 is 106 Å². The predicted octanol–water partition coefficient (Wildman–Crippen LogP) is 23.8. The first-order valence-corrected chi connectivity index (χ1v) is 53.0. The molecule has 9 nitrogen and oxygen atoms in total. The molecule has 12 rings (SSSR count). The quantitative estimate of drug-likeness (QED) is 0.0738. The third kappa shape index (κ3) is 27.9. The van der Waals surface area contributed by atoms with Crippen LogP contribution in [0.3, 0.4) is 0 Å². The molecule has 0 atom stereocenters. The number of aromatic nitrogens is 3. The van der Waals surface area contributed by atoms with Crippen LogP contribution in [0.15, 0.2) is 134 Å². The van der Waals surface area contributed by atoms with Crippen molar-refractivity contribution in [1.29, 1.82) is 0 Å². The van der Waals surface area contributed by atoms with E-state index in [0.29, 0.717) is 0 Å². The number of halogens is 6. The van der Waals surface area contributed by atoms with Crippen molar-refractivity contribution in [2.45, 2.75) is 177 Å². The number of hydrogen-bond acceptors (Lipinski definition) is 9. The van der Waals surface area contributed by atoms with Crippen molar-refractivity contribution in [3.05, 3.63) is 282 Å². The van der Waals surface area contributed by atoms with E-state index in [-0.39, 0.29) is 0 Å². The summed E-state index contributed by atoms with van der Waals surface area (Å²) in [6.45, 7) is 56.8. The molecule has 107 heavy (non-hydrogen) atoms. The van der Waals surface area contributed by atoms with E-state index in [1.165, 1.54) is 140 Å². The number of nitrogens with zero attached hydrogens (tertiary/aromatic N) is 9. The number of anilines is 6. The molecule has 0 radical (unpaired) electrons. The molecule has 0 bridgehead atoms. The zero-order chi connectivity index (χ0) is 78.3. The van der Waals surface area contributed by atoms with E-state index >= 15 is 0 Å². The Labute approximate surface area is 682 Å². The Morgan fingerprint density at radius 3 is 0.785 bits per heavy atom. The number of aryl methyl sites for hydroxylation is 23. The molecule has 0 saturated carbocycles. The molecule has 3 aliphatic heterocycles. The normalized spacial score (nSPS) is 13.4. The van der Waals surface area contributed by atoms with Gasteiger partial charge in [0.2, 0.25) is 0 Å². The Morgan fingerprint density at radius 2 is 0.542 bits per heavy atom. The van der Waals surface area contributed by atoms with Gasteiger partial charge in [-0.15, -0.1) is 0 Å². The first kappa shape index (κ1) is 89.0. The monoisotopic (exact) mass is 1820 g/mol. The summed E-state index contributed by atoms with van der Waals surface area (Å²) in [6.07, 6.45) is 9.24. The topological polar surface area (TPSA) is 58.1 Å². The predicted molar refractivity (Wildman–Crippen MR) is 461 cm³/mol. The van der Waals surface area contributed by atoms with E-state index < -0.39 is 40.6 Å². The van der Waals surface area contributed by atoms with E-state index in [1.807, 2.05) is 69.4 Å². The number of hydrogen-bond donors (Lipinski definition) is 0. The molecule has 9 aromatic rings. The standard InChI is InChI=1S/3C21H27N2.2C9H11N.C8H9N.6ClH.3Ru/c3*1-14-9-16(3)20(17(4)10-14)22-7-8-23(13-22)21-18(5)11-15(2)12-19(21)6;1-3-5-9-7-4-6-8(2)10-9;1-3-4-9-7-8(2)5-6-10-9;1-2-5-8-6-3-4-7-9-8;;;;;;;;;/h3*9-13H,7-8H2,1-6H3;1,4,6-7H,3,5H2,2H3;1,5-7H,3-4H2,2H3;1,3-4,6-7H,2,5H2;6*1H;;;/q3*-1;;;;;;;;;;3*+2/p-6. The zero-order valence-electron chi connectivity index (χ0n) is 66.5. The van der Waals surface area contributed by atoms with Gasteiger partial charge in [-0.2, -0.15) is 20.0 Å². The third-order valence-corrected chi connectivity index (χ3v) is 25.6. The fourth-order valence-corrected chi connectivity index (χ4v) is 19.7. The molecule has 0 unspecified atom stereocenters. The van der Waals surface area contributed by atoms with E-state index in [0.717, 1.165) is 101 Å². The Morgan fingerprint density at radius 1 is 0.290 bits per heavy atom. The Kier molecular flexibility index (Phi) is 36.2. The summed E-state index contributed by atoms with van der Waals surface area (Å²) in [7, 11) is 34.2. The Bertz CT molecular complexity index is 3850. The van der Waals surface area contributed by atoms with Crippen molar-refractivity contribution in [1.82, 2.24) is 15.0 Å². The second-order valence-electron chi connectivity index (χ2n) is 28.6. The van der Waals surface area contributed by atoms with Crippen molar-refractivity contribution in [2.75, 3.05) is 68.7 Å². The van der Waals surface area contributed by atoms with E-state index in [2.05, 4.69) is 275 Å².